The van der Waals surface area contributed by atoms with E-state index in [0.717, 1.165) is 5.92 Å². The molecule has 0 spiro atoms. The predicted octanol–water partition coefficient (Wildman–Crippen LogP) is 24.6. The molecule has 0 unspecified atom stereocenters. The normalized spacial score (nSPS) is 10.2. The minimum Gasteiger partial charge on any atom is -0.0654 e. The van der Waals surface area contributed by atoms with Gasteiger partial charge in [0.05, 0.1) is 0 Å². The van der Waals surface area contributed by atoms with Crippen LogP contribution in [0.2, 0.25) is 0 Å². The fraction of sp³-hybridized carbons (Fsp3) is 0.250. The van der Waals surface area contributed by atoms with E-state index in [0.29, 0.717) is 0 Å². The Morgan fingerprint density at radius 2 is 0.487 bits per heavy atom. The lowest BCUT2D eigenvalue weighted by Gasteiger charge is -2.14. The molecule has 10 rings (SSSR count). The Morgan fingerprint density at radius 3 is 0.775 bits per heavy atom. The highest BCUT2D eigenvalue weighted by Crippen LogP contribution is 2.36. The second kappa shape index (κ2) is 33.6. The van der Waals surface area contributed by atoms with Crippen LogP contribution in [0, 0.1) is 54.4 Å². The van der Waals surface area contributed by atoms with E-state index < -0.39 is 0 Å². The van der Waals surface area contributed by atoms with Crippen molar-refractivity contribution in [3.8, 4) is 77.9 Å². The standard InChI is InChI=1S/C25H20.2C21H20.C5H12.2C4H10/c1-19-12-14-22(15-13-19)25-17-23(20-8-4-2-5-9-20)16-24(18-25)21-10-6-3-7-11-21;2*1-15-11-13-18(14-12-15)20-9-6-10-21(17(20)3)19-8-5-4-7-16(19)2;1-4-5(2)3;2*1-3-4-2/h2-18H,1H3;2*4-14H,1-3H3;5H,4H2,1-3H3;2*3-4H2,1-2H3. The molecule has 0 aliphatic heterocycles. The van der Waals surface area contributed by atoms with E-state index in [1.807, 2.05) is 0 Å². The van der Waals surface area contributed by atoms with Gasteiger partial charge in [0.2, 0.25) is 0 Å². The van der Waals surface area contributed by atoms with Crippen LogP contribution >= 0.6 is 0 Å². The summed E-state index contributed by atoms with van der Waals surface area (Å²) in [4.78, 5) is 0. The number of unbranched alkanes of at least 4 members (excludes halogenated alkanes) is 2. The average molecular weight is 1050 g/mol. The van der Waals surface area contributed by atoms with Crippen LogP contribution in [-0.2, 0) is 0 Å². The van der Waals surface area contributed by atoms with Gasteiger partial charge in [-0.25, -0.2) is 0 Å². The summed E-state index contributed by atoms with van der Waals surface area (Å²) in [7, 11) is 0. The van der Waals surface area contributed by atoms with Crippen molar-refractivity contribution < 1.29 is 0 Å². The highest BCUT2D eigenvalue weighted by molar-refractivity contribution is 5.83. The fourth-order valence-electron chi connectivity index (χ4n) is 8.83. The lowest BCUT2D eigenvalue weighted by molar-refractivity contribution is 0.626. The molecule has 10 aromatic rings. The van der Waals surface area contributed by atoms with Crippen molar-refractivity contribution in [1.82, 2.24) is 0 Å². The van der Waals surface area contributed by atoms with Crippen molar-refractivity contribution in [3.05, 3.63) is 276 Å². The molecule has 0 heteroatoms. The van der Waals surface area contributed by atoms with Crippen LogP contribution in [0.4, 0.5) is 0 Å². The smallest absolute Gasteiger partial charge is 0.0146 e. The van der Waals surface area contributed by atoms with E-state index in [-0.39, 0.29) is 0 Å². The average Bonchev–Trinajstić information content (AvgIpc) is 3.52. The highest BCUT2D eigenvalue weighted by Gasteiger charge is 2.12. The summed E-state index contributed by atoms with van der Waals surface area (Å²) >= 11 is 0. The summed E-state index contributed by atoms with van der Waals surface area (Å²) in [5.74, 6) is 0.884. The molecule has 0 N–H and O–H groups in total. The predicted molar refractivity (Wildman–Crippen MR) is 357 cm³/mol. The topological polar surface area (TPSA) is 0 Å². The van der Waals surface area contributed by atoms with Crippen molar-refractivity contribution in [1.29, 1.82) is 0 Å². The van der Waals surface area contributed by atoms with Crippen molar-refractivity contribution in [2.45, 2.75) is 129 Å². The van der Waals surface area contributed by atoms with Crippen LogP contribution in [0.15, 0.2) is 237 Å². The molecule has 10 aromatic carbocycles. The Hall–Kier alpha value is -7.80. The molecule has 80 heavy (non-hydrogen) atoms. The van der Waals surface area contributed by atoms with E-state index >= 15 is 0 Å². The molecule has 0 fully saturated rings. The summed E-state index contributed by atoms with van der Waals surface area (Å²) < 4.78 is 0. The maximum absolute atomic E-state index is 2.28. The minimum absolute atomic E-state index is 0.884. The van der Waals surface area contributed by atoms with Gasteiger partial charge < -0.3 is 0 Å². The maximum atomic E-state index is 2.28. The van der Waals surface area contributed by atoms with E-state index in [1.165, 1.54) is 149 Å². The first-order valence-corrected chi connectivity index (χ1v) is 29.5. The molecule has 0 saturated carbocycles. The monoisotopic (exact) mass is 1050 g/mol. The largest absolute Gasteiger partial charge is 0.0654 e. The van der Waals surface area contributed by atoms with Crippen LogP contribution < -0.4 is 0 Å². The van der Waals surface area contributed by atoms with Crippen molar-refractivity contribution in [2.24, 2.45) is 5.92 Å². The molecule has 0 aliphatic carbocycles. The van der Waals surface area contributed by atoms with Gasteiger partial charge in [0.1, 0.15) is 0 Å². The Balaban J connectivity index is 0.000000199. The zero-order valence-corrected chi connectivity index (χ0v) is 51.1. The zero-order chi connectivity index (χ0) is 57.8. The number of aryl methyl sites for hydroxylation is 5. The summed E-state index contributed by atoms with van der Waals surface area (Å²) in [5.41, 5.74) is 27.2. The second-order valence-electron chi connectivity index (χ2n) is 21.5. The van der Waals surface area contributed by atoms with Gasteiger partial charge in [-0.1, -0.05) is 316 Å². The van der Waals surface area contributed by atoms with Gasteiger partial charge >= 0.3 is 0 Å². The van der Waals surface area contributed by atoms with Gasteiger partial charge in [0.25, 0.3) is 0 Å². The summed E-state index contributed by atoms with van der Waals surface area (Å²) in [5, 5.41) is 0. The Kier molecular flexibility index (Phi) is 26.5. The summed E-state index contributed by atoms with van der Waals surface area (Å²) in [6.07, 6.45) is 6.58. The molecule has 0 saturated heterocycles. The van der Waals surface area contributed by atoms with E-state index in [2.05, 4.69) is 334 Å². The lowest BCUT2D eigenvalue weighted by Crippen LogP contribution is -1.90. The van der Waals surface area contributed by atoms with Crippen LogP contribution in [0.1, 0.15) is 120 Å². The molecule has 0 nitrogen and oxygen atoms in total. The molecular formula is C80H92. The molecule has 412 valence electrons. The fourth-order valence-corrected chi connectivity index (χ4v) is 8.83. The molecule has 0 amide bonds. The minimum atomic E-state index is 0.884. The molecule has 0 bridgehead atoms. The van der Waals surface area contributed by atoms with Gasteiger partial charge in [0, 0.05) is 0 Å². The molecular weight excluding hydrogens is 961 g/mol. The van der Waals surface area contributed by atoms with Gasteiger partial charge in [-0.2, -0.15) is 0 Å². The number of hydrogen-bond acceptors (Lipinski definition) is 0. The van der Waals surface area contributed by atoms with Gasteiger partial charge in [0.15, 0.2) is 0 Å². The van der Waals surface area contributed by atoms with Crippen LogP contribution in [0.25, 0.3) is 77.9 Å². The van der Waals surface area contributed by atoms with Crippen LogP contribution in [-0.4, -0.2) is 0 Å². The van der Waals surface area contributed by atoms with Gasteiger partial charge in [-0.05, 0) is 173 Å². The Bertz CT molecular complexity index is 3130. The van der Waals surface area contributed by atoms with E-state index in [4.69, 9.17) is 0 Å². The lowest BCUT2D eigenvalue weighted by atomic mass is 9.91. The van der Waals surface area contributed by atoms with Crippen LogP contribution in [0.5, 0.6) is 0 Å². The van der Waals surface area contributed by atoms with Crippen molar-refractivity contribution in [3.63, 3.8) is 0 Å². The SMILES string of the molecule is CCC(C)C.CCCC.CCCC.Cc1ccc(-c2cc(-c3ccccc3)cc(-c3ccccc3)c2)cc1.Cc1ccc(-c2cccc(-c3ccccc3C)c2C)cc1.Cc1ccc(-c2cccc(-c3ccccc3C)c2C)cc1. The number of hydrogen-bond donors (Lipinski definition) is 0. The molecule has 0 aliphatic rings. The Morgan fingerprint density at radius 1 is 0.237 bits per heavy atom. The van der Waals surface area contributed by atoms with E-state index in [9.17, 15) is 0 Å². The number of benzene rings is 10. The first kappa shape index (κ1) is 63.0. The molecule has 0 heterocycles. The highest BCUT2D eigenvalue weighted by atomic mass is 14.2. The van der Waals surface area contributed by atoms with E-state index in [1.54, 1.807) is 0 Å². The first-order valence-electron chi connectivity index (χ1n) is 29.5. The Labute approximate surface area is 485 Å². The summed E-state index contributed by atoms with van der Waals surface area (Å²) in [6, 6.07) is 84.6. The van der Waals surface area contributed by atoms with Gasteiger partial charge in [-0.3, -0.25) is 0 Å². The third kappa shape index (κ3) is 19.2. The molecule has 0 atom stereocenters. The third-order valence-corrected chi connectivity index (χ3v) is 14.6. The second-order valence-corrected chi connectivity index (χ2v) is 21.5. The first-order chi connectivity index (χ1) is 38.7. The molecule has 0 aromatic heterocycles. The summed E-state index contributed by atoms with van der Waals surface area (Å²) in [6.45, 7) is 30.5. The molecule has 0 radical (unpaired) electrons. The quantitative estimate of drug-likeness (QED) is 0.128. The zero-order valence-electron chi connectivity index (χ0n) is 51.1. The third-order valence-electron chi connectivity index (χ3n) is 14.6. The van der Waals surface area contributed by atoms with Crippen molar-refractivity contribution >= 4 is 0 Å². The van der Waals surface area contributed by atoms with Gasteiger partial charge in [-0.15, -0.1) is 0 Å². The van der Waals surface area contributed by atoms with Crippen molar-refractivity contribution in [2.75, 3.05) is 0 Å². The number of rotatable bonds is 10. The maximum Gasteiger partial charge on any atom is -0.0146 e. The van der Waals surface area contributed by atoms with Crippen LogP contribution in [0.3, 0.4) is 0 Å².